The highest BCUT2D eigenvalue weighted by Crippen LogP contribution is 2.30. The molecule has 0 unspecified atom stereocenters. The summed E-state index contributed by atoms with van der Waals surface area (Å²) in [6, 6.07) is 9.45. The maximum atomic E-state index is 12.8. The van der Waals surface area contributed by atoms with Crippen LogP contribution in [0, 0.1) is 5.92 Å². The summed E-state index contributed by atoms with van der Waals surface area (Å²) < 4.78 is 10.7. The van der Waals surface area contributed by atoms with Gasteiger partial charge in [-0.1, -0.05) is 11.3 Å². The monoisotopic (exact) mass is 412 g/mol. The van der Waals surface area contributed by atoms with Crippen LogP contribution in [0.2, 0.25) is 0 Å². The van der Waals surface area contributed by atoms with Gasteiger partial charge in [0.15, 0.2) is 5.13 Å². The third-order valence-corrected chi connectivity index (χ3v) is 6.20. The van der Waals surface area contributed by atoms with Crippen molar-refractivity contribution in [3.63, 3.8) is 0 Å². The first-order valence-corrected chi connectivity index (χ1v) is 10.4. The van der Waals surface area contributed by atoms with Crippen LogP contribution in [0.3, 0.4) is 0 Å². The zero-order chi connectivity index (χ0) is 20.2. The molecule has 1 aromatic carbocycles. The molecule has 152 valence electrons. The number of thiazole rings is 1. The summed E-state index contributed by atoms with van der Waals surface area (Å²) in [4.78, 5) is 25.0. The van der Waals surface area contributed by atoms with Crippen molar-refractivity contribution >= 4 is 32.7 Å². The molecule has 7 nitrogen and oxygen atoms in total. The van der Waals surface area contributed by atoms with Crippen LogP contribution in [0.15, 0.2) is 36.5 Å². The van der Waals surface area contributed by atoms with E-state index < -0.39 is 0 Å². The number of carbonyl (C=O) groups excluding carboxylic acids is 1. The Bertz CT molecular complexity index is 974. The lowest BCUT2D eigenvalue weighted by Gasteiger charge is -2.31. The number of anilines is 1. The van der Waals surface area contributed by atoms with Gasteiger partial charge in [0.2, 0.25) is 5.91 Å². The van der Waals surface area contributed by atoms with Gasteiger partial charge in [-0.2, -0.15) is 0 Å². The summed E-state index contributed by atoms with van der Waals surface area (Å²) in [5, 5.41) is 4.00. The van der Waals surface area contributed by atoms with E-state index in [4.69, 9.17) is 9.47 Å². The first kappa shape index (κ1) is 19.4. The van der Waals surface area contributed by atoms with Gasteiger partial charge in [0.1, 0.15) is 21.8 Å². The third kappa shape index (κ3) is 4.27. The number of benzene rings is 1. The first-order valence-electron chi connectivity index (χ1n) is 9.63. The number of methoxy groups -OCH3 is 2. The van der Waals surface area contributed by atoms with Crippen LogP contribution in [0.4, 0.5) is 5.13 Å². The van der Waals surface area contributed by atoms with Crippen LogP contribution in [0.25, 0.3) is 10.3 Å². The molecule has 1 atom stereocenters. The summed E-state index contributed by atoms with van der Waals surface area (Å²) in [7, 11) is 3.25. The SMILES string of the molecule is COc1ccc(OC)c(CNC(=O)[C@H]2CCCN(c3nc4cccnc4s3)C2)c1. The van der Waals surface area contributed by atoms with E-state index in [1.54, 1.807) is 31.8 Å². The largest absolute Gasteiger partial charge is 0.497 e. The Kier molecular flexibility index (Phi) is 5.80. The molecule has 3 aromatic rings. The number of hydrogen-bond donors (Lipinski definition) is 1. The second-order valence-electron chi connectivity index (χ2n) is 7.00. The van der Waals surface area contributed by atoms with Gasteiger partial charge >= 0.3 is 0 Å². The number of piperidine rings is 1. The second kappa shape index (κ2) is 8.65. The topological polar surface area (TPSA) is 76.6 Å². The smallest absolute Gasteiger partial charge is 0.225 e. The molecule has 1 aliphatic heterocycles. The molecule has 1 fully saturated rings. The van der Waals surface area contributed by atoms with Crippen molar-refractivity contribution in [2.24, 2.45) is 5.92 Å². The molecule has 0 radical (unpaired) electrons. The van der Waals surface area contributed by atoms with Gasteiger partial charge in [-0.05, 0) is 43.2 Å². The van der Waals surface area contributed by atoms with Crippen molar-refractivity contribution in [2.75, 3.05) is 32.2 Å². The van der Waals surface area contributed by atoms with Crippen LogP contribution in [-0.4, -0.2) is 43.2 Å². The Morgan fingerprint density at radius 2 is 2.21 bits per heavy atom. The highest BCUT2D eigenvalue weighted by molar-refractivity contribution is 7.21. The van der Waals surface area contributed by atoms with Gasteiger partial charge in [-0.15, -0.1) is 0 Å². The molecule has 29 heavy (non-hydrogen) atoms. The summed E-state index contributed by atoms with van der Waals surface area (Å²) in [5.74, 6) is 1.46. The lowest BCUT2D eigenvalue weighted by Crippen LogP contribution is -2.43. The van der Waals surface area contributed by atoms with E-state index in [9.17, 15) is 4.79 Å². The molecule has 2 aromatic heterocycles. The molecule has 0 spiro atoms. The van der Waals surface area contributed by atoms with Crippen molar-refractivity contribution in [3.8, 4) is 11.5 Å². The molecule has 1 N–H and O–H groups in total. The lowest BCUT2D eigenvalue weighted by molar-refractivity contribution is -0.125. The van der Waals surface area contributed by atoms with Gasteiger partial charge in [-0.3, -0.25) is 4.79 Å². The molecule has 0 saturated carbocycles. The average molecular weight is 413 g/mol. The third-order valence-electron chi connectivity index (χ3n) is 5.16. The highest BCUT2D eigenvalue weighted by Gasteiger charge is 2.27. The normalized spacial score (nSPS) is 16.6. The lowest BCUT2D eigenvalue weighted by atomic mass is 9.97. The number of nitrogens with zero attached hydrogens (tertiary/aromatic N) is 3. The number of nitrogens with one attached hydrogen (secondary N) is 1. The number of amides is 1. The molecule has 1 amide bonds. The van der Waals surface area contributed by atoms with Crippen LogP contribution < -0.4 is 19.7 Å². The molecule has 1 aliphatic rings. The first-order chi connectivity index (χ1) is 14.2. The number of hydrogen-bond acceptors (Lipinski definition) is 7. The van der Waals surface area contributed by atoms with E-state index in [0.29, 0.717) is 13.1 Å². The maximum absolute atomic E-state index is 12.8. The van der Waals surface area contributed by atoms with Crippen LogP contribution in [0.1, 0.15) is 18.4 Å². The van der Waals surface area contributed by atoms with E-state index in [-0.39, 0.29) is 11.8 Å². The fourth-order valence-corrected chi connectivity index (χ4v) is 4.55. The Hall–Kier alpha value is -2.87. The summed E-state index contributed by atoms with van der Waals surface area (Å²) >= 11 is 1.58. The molecular weight excluding hydrogens is 388 g/mol. The molecule has 8 heteroatoms. The van der Waals surface area contributed by atoms with Crippen molar-refractivity contribution < 1.29 is 14.3 Å². The Balaban J connectivity index is 1.41. The number of pyridine rings is 1. The average Bonchev–Trinajstić information content (AvgIpc) is 3.21. The standard InChI is InChI=1S/C21H24N4O3S/c1-27-16-7-8-18(28-2)15(11-16)12-23-19(26)14-5-4-10-25(13-14)21-24-17-6-3-9-22-20(17)29-21/h3,6-9,11,14H,4-5,10,12-13H2,1-2H3,(H,23,26)/t14-/m0/s1. The van der Waals surface area contributed by atoms with Crippen molar-refractivity contribution in [2.45, 2.75) is 19.4 Å². The number of carbonyl (C=O) groups is 1. The zero-order valence-corrected chi connectivity index (χ0v) is 17.4. The van der Waals surface area contributed by atoms with E-state index in [0.717, 1.165) is 51.9 Å². The van der Waals surface area contributed by atoms with Crippen LogP contribution in [-0.2, 0) is 11.3 Å². The van der Waals surface area contributed by atoms with Crippen molar-refractivity contribution in [1.82, 2.24) is 15.3 Å². The van der Waals surface area contributed by atoms with Gasteiger partial charge in [0.25, 0.3) is 0 Å². The second-order valence-corrected chi connectivity index (χ2v) is 7.96. The number of ether oxygens (including phenoxy) is 2. The predicted octanol–water partition coefficient (Wildman–Crippen LogP) is 3.24. The molecule has 0 aliphatic carbocycles. The summed E-state index contributed by atoms with van der Waals surface area (Å²) in [6.45, 7) is 1.98. The van der Waals surface area contributed by atoms with E-state index in [1.807, 2.05) is 30.3 Å². The van der Waals surface area contributed by atoms with Gasteiger partial charge < -0.3 is 19.7 Å². The maximum Gasteiger partial charge on any atom is 0.225 e. The minimum absolute atomic E-state index is 0.0545. The van der Waals surface area contributed by atoms with Crippen LogP contribution >= 0.6 is 11.3 Å². The van der Waals surface area contributed by atoms with Gasteiger partial charge in [0, 0.05) is 31.4 Å². The minimum atomic E-state index is -0.0691. The van der Waals surface area contributed by atoms with E-state index in [2.05, 4.69) is 20.2 Å². The zero-order valence-electron chi connectivity index (χ0n) is 16.6. The van der Waals surface area contributed by atoms with Crippen molar-refractivity contribution in [3.05, 3.63) is 42.1 Å². The number of fused-ring (bicyclic) bond motifs is 1. The molecule has 1 saturated heterocycles. The van der Waals surface area contributed by atoms with E-state index in [1.165, 1.54) is 0 Å². The Morgan fingerprint density at radius 1 is 1.31 bits per heavy atom. The number of aromatic nitrogens is 2. The predicted molar refractivity (Wildman–Crippen MR) is 114 cm³/mol. The summed E-state index contributed by atoms with van der Waals surface area (Å²) in [6.07, 6.45) is 3.62. The van der Waals surface area contributed by atoms with E-state index >= 15 is 0 Å². The van der Waals surface area contributed by atoms with Crippen LogP contribution in [0.5, 0.6) is 11.5 Å². The van der Waals surface area contributed by atoms with Crippen molar-refractivity contribution in [1.29, 1.82) is 0 Å². The minimum Gasteiger partial charge on any atom is -0.497 e. The Labute approximate surface area is 173 Å². The van der Waals surface area contributed by atoms with Gasteiger partial charge in [0.05, 0.1) is 20.1 Å². The number of rotatable bonds is 6. The van der Waals surface area contributed by atoms with Gasteiger partial charge in [-0.25, -0.2) is 9.97 Å². The Morgan fingerprint density at radius 3 is 3.00 bits per heavy atom. The molecule has 3 heterocycles. The fraction of sp³-hybridized carbons (Fsp3) is 0.381. The highest BCUT2D eigenvalue weighted by atomic mass is 32.1. The molecule has 4 rings (SSSR count). The molecule has 0 bridgehead atoms. The fourth-order valence-electron chi connectivity index (χ4n) is 3.61. The summed E-state index contributed by atoms with van der Waals surface area (Å²) in [5.41, 5.74) is 1.80. The molecular formula is C21H24N4O3S. The quantitative estimate of drug-likeness (QED) is 0.670.